The maximum Gasteiger partial charge on any atom is 0.222 e. The van der Waals surface area contributed by atoms with Gasteiger partial charge in [0.05, 0.1) is 0 Å². The number of likely N-dealkylation sites (tertiary alicyclic amines) is 1. The molecule has 8 nitrogen and oxygen atoms in total. The lowest BCUT2D eigenvalue weighted by Crippen LogP contribution is -2.60. The molecule has 0 aliphatic carbocycles. The molecule has 0 unspecified atom stereocenters. The Morgan fingerprint density at radius 1 is 1.14 bits per heavy atom. The summed E-state index contributed by atoms with van der Waals surface area (Å²) in [5.74, 6) is 0.927. The van der Waals surface area contributed by atoms with E-state index in [0.29, 0.717) is 18.2 Å². The Morgan fingerprint density at radius 2 is 1.96 bits per heavy atom. The van der Waals surface area contributed by atoms with Crippen molar-refractivity contribution in [1.29, 1.82) is 0 Å². The Balaban J connectivity index is 1.44. The molecule has 1 atom stereocenters. The number of aromatic nitrogens is 4. The molecule has 2 aliphatic heterocycles. The number of carbonyl (C=O) groups excluding carboxylic acids is 1. The second-order valence-corrected chi connectivity index (χ2v) is 8.01. The number of nitrogens with one attached hydrogen (secondary N) is 1. The fourth-order valence-corrected chi connectivity index (χ4v) is 4.55. The van der Waals surface area contributed by atoms with E-state index in [1.165, 1.54) is 5.56 Å². The zero-order valence-electron chi connectivity index (χ0n) is 16.8. The summed E-state index contributed by atoms with van der Waals surface area (Å²) < 4.78 is 0. The highest BCUT2D eigenvalue weighted by atomic mass is 16.2. The molecule has 0 bridgehead atoms. The smallest absolute Gasteiger partial charge is 0.222 e. The fraction of sp³-hybridized carbons (Fsp3) is 0.600. The molecule has 8 heteroatoms. The Hall–Kier alpha value is -2.32. The van der Waals surface area contributed by atoms with Crippen LogP contribution in [0.15, 0.2) is 24.3 Å². The summed E-state index contributed by atoms with van der Waals surface area (Å²) in [6.07, 6.45) is 2.66. The number of piperazine rings is 1. The molecular weight excluding hydrogens is 354 g/mol. The summed E-state index contributed by atoms with van der Waals surface area (Å²) >= 11 is 0. The summed E-state index contributed by atoms with van der Waals surface area (Å²) in [5, 5.41) is 14.2. The predicted molar refractivity (Wildman–Crippen MR) is 106 cm³/mol. The molecule has 1 N–H and O–H groups in total. The lowest BCUT2D eigenvalue weighted by Gasteiger charge is -2.49. The third kappa shape index (κ3) is 3.79. The number of nitrogens with zero attached hydrogens (tertiary/aromatic N) is 6. The molecule has 2 aliphatic rings. The molecule has 0 saturated carbocycles. The molecule has 1 aromatic carbocycles. The Labute approximate surface area is 165 Å². The first kappa shape index (κ1) is 19.0. The van der Waals surface area contributed by atoms with Crippen molar-refractivity contribution < 1.29 is 4.79 Å². The summed E-state index contributed by atoms with van der Waals surface area (Å²) in [6.45, 7) is 7.79. The molecule has 1 amide bonds. The lowest BCUT2D eigenvalue weighted by molar-refractivity contribution is -0.130. The van der Waals surface area contributed by atoms with Gasteiger partial charge in [0.1, 0.15) is 0 Å². The highest BCUT2D eigenvalue weighted by Crippen LogP contribution is 2.32. The number of likely N-dealkylation sites (N-methyl/N-ethyl adjacent to an activating group) is 1. The number of aromatic amines is 1. The number of benzene rings is 1. The van der Waals surface area contributed by atoms with E-state index in [1.54, 1.807) is 0 Å². The number of rotatable bonds is 4. The van der Waals surface area contributed by atoms with Gasteiger partial charge in [-0.25, -0.2) is 0 Å². The van der Waals surface area contributed by atoms with Gasteiger partial charge in [-0.1, -0.05) is 24.3 Å². The zero-order chi connectivity index (χ0) is 19.6. The molecular formula is C20H29N7O. The number of carbonyl (C=O) groups is 1. The van der Waals surface area contributed by atoms with E-state index in [-0.39, 0.29) is 5.54 Å². The van der Waals surface area contributed by atoms with Crippen LogP contribution >= 0.6 is 0 Å². The van der Waals surface area contributed by atoms with Gasteiger partial charge >= 0.3 is 0 Å². The molecule has 2 aromatic rings. The topological polar surface area (TPSA) is 81.2 Å². The third-order valence-corrected chi connectivity index (χ3v) is 6.43. The molecule has 150 valence electrons. The van der Waals surface area contributed by atoms with Crippen LogP contribution in [0.1, 0.15) is 31.7 Å². The number of tetrazole rings is 1. The van der Waals surface area contributed by atoms with Gasteiger partial charge in [-0.2, -0.15) is 5.21 Å². The Kier molecular flexibility index (Phi) is 5.41. The number of H-pyrrole nitrogens is 1. The Bertz CT molecular complexity index is 791. The third-order valence-electron chi connectivity index (χ3n) is 6.43. The van der Waals surface area contributed by atoms with Gasteiger partial charge in [-0.15, -0.1) is 10.2 Å². The molecule has 1 aromatic heterocycles. The van der Waals surface area contributed by atoms with Crippen LogP contribution in [0.4, 0.5) is 0 Å². The average Bonchev–Trinajstić information content (AvgIpc) is 3.19. The van der Waals surface area contributed by atoms with Gasteiger partial charge in [0.25, 0.3) is 0 Å². The van der Waals surface area contributed by atoms with Gasteiger partial charge in [0, 0.05) is 56.8 Å². The molecule has 1 spiro atoms. The minimum Gasteiger partial charge on any atom is -0.343 e. The van der Waals surface area contributed by atoms with E-state index in [9.17, 15) is 4.79 Å². The Morgan fingerprint density at radius 3 is 2.68 bits per heavy atom. The maximum atomic E-state index is 12.4. The number of hydrogen-bond donors (Lipinski definition) is 1. The van der Waals surface area contributed by atoms with Gasteiger partial charge in [-0.3, -0.25) is 14.6 Å². The summed E-state index contributed by atoms with van der Waals surface area (Å²) in [6, 6.07) is 8.39. The van der Waals surface area contributed by atoms with Gasteiger partial charge in [0.15, 0.2) is 0 Å². The van der Waals surface area contributed by atoms with Crippen LogP contribution in [0.5, 0.6) is 0 Å². The quantitative estimate of drug-likeness (QED) is 0.859. The highest BCUT2D eigenvalue weighted by Gasteiger charge is 2.41. The number of amides is 1. The molecule has 2 saturated heterocycles. The minimum absolute atomic E-state index is 0.0996. The van der Waals surface area contributed by atoms with E-state index in [0.717, 1.165) is 57.7 Å². The van der Waals surface area contributed by atoms with Crippen molar-refractivity contribution in [3.63, 3.8) is 0 Å². The minimum atomic E-state index is 0.0996. The summed E-state index contributed by atoms with van der Waals surface area (Å²) in [7, 11) is 2.23. The molecule has 2 fully saturated rings. The van der Waals surface area contributed by atoms with Crippen molar-refractivity contribution >= 4 is 5.91 Å². The summed E-state index contributed by atoms with van der Waals surface area (Å²) in [4.78, 5) is 19.4. The van der Waals surface area contributed by atoms with Crippen LogP contribution in [0, 0.1) is 0 Å². The predicted octanol–water partition coefficient (Wildman–Crippen LogP) is 1.39. The van der Waals surface area contributed by atoms with Crippen molar-refractivity contribution in [3.05, 3.63) is 29.8 Å². The molecule has 4 rings (SSSR count). The van der Waals surface area contributed by atoms with E-state index >= 15 is 0 Å². The van der Waals surface area contributed by atoms with E-state index in [1.807, 2.05) is 4.90 Å². The van der Waals surface area contributed by atoms with Crippen molar-refractivity contribution in [2.45, 2.75) is 38.3 Å². The van der Waals surface area contributed by atoms with Crippen molar-refractivity contribution in [1.82, 2.24) is 35.3 Å². The number of hydrogen-bond acceptors (Lipinski definition) is 6. The molecule has 3 heterocycles. The maximum absolute atomic E-state index is 12.4. The summed E-state index contributed by atoms with van der Waals surface area (Å²) in [5.41, 5.74) is 2.35. The largest absolute Gasteiger partial charge is 0.343 e. The molecule has 28 heavy (non-hydrogen) atoms. The van der Waals surface area contributed by atoms with Crippen molar-refractivity contribution in [3.8, 4) is 11.4 Å². The van der Waals surface area contributed by atoms with Crippen LogP contribution in [-0.2, 0) is 11.3 Å². The van der Waals surface area contributed by atoms with Gasteiger partial charge in [0.2, 0.25) is 11.7 Å². The first-order chi connectivity index (χ1) is 13.6. The fourth-order valence-electron chi connectivity index (χ4n) is 4.55. The van der Waals surface area contributed by atoms with Crippen LogP contribution in [-0.4, -0.2) is 86.5 Å². The lowest BCUT2D eigenvalue weighted by atomic mass is 9.86. The monoisotopic (exact) mass is 383 g/mol. The standard InChI is InChI=1S/C20H29N7O/c1-3-27-11-10-20(9-8-18(27)28)15-26(13-12-25(20)2)14-16-4-6-17(7-5-16)19-21-23-24-22-19/h4-7H,3,8-15H2,1-2H3,(H,21,22,23,24)/t20-/m1/s1. The van der Waals surface area contributed by atoms with Crippen molar-refractivity contribution in [2.75, 3.05) is 39.8 Å². The average molecular weight is 384 g/mol. The van der Waals surface area contributed by atoms with Gasteiger partial charge < -0.3 is 4.90 Å². The highest BCUT2D eigenvalue weighted by molar-refractivity contribution is 5.76. The van der Waals surface area contributed by atoms with Crippen LogP contribution in [0.2, 0.25) is 0 Å². The second-order valence-electron chi connectivity index (χ2n) is 8.01. The van der Waals surface area contributed by atoms with E-state index in [4.69, 9.17) is 0 Å². The van der Waals surface area contributed by atoms with E-state index in [2.05, 4.69) is 68.7 Å². The van der Waals surface area contributed by atoms with Gasteiger partial charge in [-0.05, 0) is 37.6 Å². The van der Waals surface area contributed by atoms with Crippen LogP contribution < -0.4 is 0 Å². The SMILES string of the molecule is CCN1CC[C@]2(CCC1=O)CN(Cc1ccc(-c3nn[nH]n3)cc1)CCN2C. The normalized spacial score (nSPS) is 24.6. The van der Waals surface area contributed by atoms with E-state index < -0.39 is 0 Å². The molecule has 0 radical (unpaired) electrons. The first-order valence-electron chi connectivity index (χ1n) is 10.1. The second kappa shape index (κ2) is 7.97. The zero-order valence-corrected chi connectivity index (χ0v) is 16.8. The first-order valence-corrected chi connectivity index (χ1v) is 10.1. The van der Waals surface area contributed by atoms with Crippen LogP contribution in [0.25, 0.3) is 11.4 Å². The van der Waals surface area contributed by atoms with Crippen LogP contribution in [0.3, 0.4) is 0 Å². The van der Waals surface area contributed by atoms with Crippen molar-refractivity contribution in [2.24, 2.45) is 0 Å².